The molecule has 2 bridgehead atoms. The van der Waals surface area contributed by atoms with E-state index in [1.165, 1.54) is 19.3 Å². The molecule has 6 atom stereocenters. The van der Waals surface area contributed by atoms with Gasteiger partial charge < -0.3 is 9.47 Å². The monoisotopic (exact) mass is 278 g/mol. The highest BCUT2D eigenvalue weighted by molar-refractivity contribution is 5.19. The number of hydrogen-bond donors (Lipinski definition) is 0. The highest BCUT2D eigenvalue weighted by Crippen LogP contribution is 2.44. The predicted octanol–water partition coefficient (Wildman–Crippen LogP) is 4.20. The maximum Gasteiger partial charge on any atom is 0.113 e. The van der Waals surface area contributed by atoms with Crippen LogP contribution < -0.4 is 0 Å². The topological polar surface area (TPSA) is 18.5 Å². The van der Waals surface area contributed by atoms with E-state index in [9.17, 15) is 0 Å². The first-order chi connectivity index (χ1) is 9.48. The van der Waals surface area contributed by atoms with Crippen LogP contribution in [0.4, 0.5) is 0 Å². The minimum atomic E-state index is -0.112. The Morgan fingerprint density at radius 3 is 2.60 bits per heavy atom. The molecule has 2 fully saturated rings. The van der Waals surface area contributed by atoms with Crippen molar-refractivity contribution in [1.82, 2.24) is 0 Å². The van der Waals surface area contributed by atoms with Gasteiger partial charge in [0.25, 0.3) is 0 Å². The Labute approximate surface area is 123 Å². The van der Waals surface area contributed by atoms with Crippen molar-refractivity contribution >= 4 is 0 Å². The number of hydrogen-bond acceptors (Lipinski definition) is 2. The second-order valence-electron chi connectivity index (χ2n) is 7.86. The van der Waals surface area contributed by atoms with E-state index in [0.717, 1.165) is 30.8 Å². The first-order valence-corrected chi connectivity index (χ1v) is 8.47. The van der Waals surface area contributed by atoms with Gasteiger partial charge in [0.05, 0.1) is 18.8 Å². The van der Waals surface area contributed by atoms with Gasteiger partial charge in [0, 0.05) is 0 Å². The average Bonchev–Trinajstić information content (AvgIpc) is 2.93. The van der Waals surface area contributed by atoms with Crippen molar-refractivity contribution in [1.29, 1.82) is 0 Å². The SMILES string of the molecule is CC1CC(OCC23C=CC(CC2C)O3)CC(C(C)C)C1. The molecule has 0 aromatic heterocycles. The van der Waals surface area contributed by atoms with E-state index < -0.39 is 0 Å². The highest BCUT2D eigenvalue weighted by atomic mass is 16.6. The van der Waals surface area contributed by atoms with E-state index in [0.29, 0.717) is 18.1 Å². The number of ether oxygens (including phenoxy) is 2. The second-order valence-corrected chi connectivity index (χ2v) is 7.86. The number of rotatable bonds is 4. The second kappa shape index (κ2) is 5.46. The molecule has 0 aromatic carbocycles. The Morgan fingerprint density at radius 1 is 1.20 bits per heavy atom. The molecule has 0 radical (unpaired) electrons. The molecule has 3 aliphatic rings. The van der Waals surface area contributed by atoms with Gasteiger partial charge in [-0.1, -0.05) is 39.8 Å². The van der Waals surface area contributed by atoms with E-state index in [-0.39, 0.29) is 5.60 Å². The van der Waals surface area contributed by atoms with Crippen molar-refractivity contribution in [2.45, 2.75) is 71.2 Å². The van der Waals surface area contributed by atoms with Gasteiger partial charge in [-0.05, 0) is 49.4 Å². The lowest BCUT2D eigenvalue weighted by atomic mass is 9.75. The predicted molar refractivity (Wildman–Crippen MR) is 81.6 cm³/mol. The zero-order chi connectivity index (χ0) is 14.3. The Balaban J connectivity index is 1.57. The Bertz CT molecular complexity index is 376. The summed E-state index contributed by atoms with van der Waals surface area (Å²) >= 11 is 0. The summed E-state index contributed by atoms with van der Waals surface area (Å²) < 4.78 is 12.5. The van der Waals surface area contributed by atoms with Crippen molar-refractivity contribution in [3.8, 4) is 0 Å². The third kappa shape index (κ3) is 2.69. The summed E-state index contributed by atoms with van der Waals surface area (Å²) in [6.07, 6.45) is 10.3. The van der Waals surface area contributed by atoms with Gasteiger partial charge in [0.15, 0.2) is 0 Å². The molecule has 0 spiro atoms. The Kier molecular flexibility index (Phi) is 3.98. The van der Waals surface area contributed by atoms with Crippen molar-refractivity contribution in [3.05, 3.63) is 12.2 Å². The lowest BCUT2D eigenvalue weighted by Crippen LogP contribution is -2.39. The molecule has 1 aliphatic carbocycles. The lowest BCUT2D eigenvalue weighted by Gasteiger charge is -2.37. The molecular weight excluding hydrogens is 248 g/mol. The molecule has 1 saturated heterocycles. The van der Waals surface area contributed by atoms with Crippen LogP contribution in [0.1, 0.15) is 53.4 Å². The average molecular weight is 278 g/mol. The molecule has 1 saturated carbocycles. The van der Waals surface area contributed by atoms with E-state index in [1.54, 1.807) is 0 Å². The fourth-order valence-electron chi connectivity index (χ4n) is 4.33. The summed E-state index contributed by atoms with van der Waals surface area (Å²) in [5, 5.41) is 0. The van der Waals surface area contributed by atoms with E-state index in [4.69, 9.17) is 9.47 Å². The first-order valence-electron chi connectivity index (χ1n) is 8.47. The Hall–Kier alpha value is -0.340. The van der Waals surface area contributed by atoms with Crippen molar-refractivity contribution in [2.75, 3.05) is 6.61 Å². The quantitative estimate of drug-likeness (QED) is 0.718. The molecule has 2 heteroatoms. The molecule has 114 valence electrons. The molecular formula is C18H30O2. The summed E-state index contributed by atoms with van der Waals surface area (Å²) in [4.78, 5) is 0. The molecule has 0 amide bonds. The van der Waals surface area contributed by atoms with Gasteiger partial charge in [0.2, 0.25) is 0 Å². The van der Waals surface area contributed by atoms with Crippen molar-refractivity contribution in [3.63, 3.8) is 0 Å². The molecule has 2 heterocycles. The van der Waals surface area contributed by atoms with Gasteiger partial charge in [-0.15, -0.1) is 0 Å². The van der Waals surface area contributed by atoms with Crippen molar-refractivity contribution < 1.29 is 9.47 Å². The smallest absolute Gasteiger partial charge is 0.113 e. The first kappa shape index (κ1) is 14.6. The normalized spacial score (nSPS) is 47.4. The summed E-state index contributed by atoms with van der Waals surface area (Å²) in [6, 6.07) is 0. The van der Waals surface area contributed by atoms with Crippen LogP contribution in [0.2, 0.25) is 0 Å². The summed E-state index contributed by atoms with van der Waals surface area (Å²) in [5.74, 6) is 3.00. The van der Waals surface area contributed by atoms with Gasteiger partial charge in [-0.25, -0.2) is 0 Å². The number of fused-ring (bicyclic) bond motifs is 2. The van der Waals surface area contributed by atoms with Gasteiger partial charge >= 0.3 is 0 Å². The van der Waals surface area contributed by atoms with Gasteiger partial charge in [0.1, 0.15) is 5.60 Å². The fourth-order valence-corrected chi connectivity index (χ4v) is 4.33. The van der Waals surface area contributed by atoms with Crippen LogP contribution in [-0.4, -0.2) is 24.4 Å². The maximum atomic E-state index is 6.33. The molecule has 2 aliphatic heterocycles. The maximum absolute atomic E-state index is 6.33. The lowest BCUT2D eigenvalue weighted by molar-refractivity contribution is -0.0931. The van der Waals surface area contributed by atoms with Crippen LogP contribution in [-0.2, 0) is 9.47 Å². The highest BCUT2D eigenvalue weighted by Gasteiger charge is 2.48. The van der Waals surface area contributed by atoms with Crippen LogP contribution in [0, 0.1) is 23.7 Å². The van der Waals surface area contributed by atoms with Gasteiger partial charge in [-0.2, -0.15) is 0 Å². The van der Waals surface area contributed by atoms with E-state index in [2.05, 4.69) is 39.8 Å². The molecule has 2 nitrogen and oxygen atoms in total. The molecule has 6 unspecified atom stereocenters. The van der Waals surface area contributed by atoms with Gasteiger partial charge in [-0.3, -0.25) is 0 Å². The van der Waals surface area contributed by atoms with E-state index >= 15 is 0 Å². The van der Waals surface area contributed by atoms with Crippen LogP contribution in [0.3, 0.4) is 0 Å². The molecule has 3 rings (SSSR count). The summed E-state index contributed by atoms with van der Waals surface area (Å²) in [6.45, 7) is 10.1. The molecule has 0 aromatic rings. The third-order valence-electron chi connectivity index (χ3n) is 5.81. The zero-order valence-corrected chi connectivity index (χ0v) is 13.5. The Morgan fingerprint density at radius 2 is 2.00 bits per heavy atom. The third-order valence-corrected chi connectivity index (χ3v) is 5.81. The standard InChI is InChI=1S/C18H30O2/c1-12(2)15-7-13(3)8-17(10-15)19-11-18-6-5-16(20-18)9-14(18)4/h5-6,12-17H,7-11H2,1-4H3. The molecule has 20 heavy (non-hydrogen) atoms. The molecule has 0 N–H and O–H groups in total. The van der Waals surface area contributed by atoms with Crippen LogP contribution >= 0.6 is 0 Å². The fraction of sp³-hybridized carbons (Fsp3) is 0.889. The van der Waals surface area contributed by atoms with Crippen LogP contribution in [0.25, 0.3) is 0 Å². The minimum absolute atomic E-state index is 0.112. The van der Waals surface area contributed by atoms with Crippen LogP contribution in [0.15, 0.2) is 12.2 Å². The van der Waals surface area contributed by atoms with E-state index in [1.807, 2.05) is 0 Å². The zero-order valence-electron chi connectivity index (χ0n) is 13.5. The summed E-state index contributed by atoms with van der Waals surface area (Å²) in [5.41, 5.74) is -0.112. The largest absolute Gasteiger partial charge is 0.375 e. The van der Waals surface area contributed by atoms with Crippen LogP contribution in [0.5, 0.6) is 0 Å². The summed E-state index contributed by atoms with van der Waals surface area (Å²) in [7, 11) is 0. The van der Waals surface area contributed by atoms with Crippen molar-refractivity contribution in [2.24, 2.45) is 23.7 Å². The minimum Gasteiger partial charge on any atom is -0.375 e.